The van der Waals surface area contributed by atoms with Gasteiger partial charge < -0.3 is 9.52 Å². The van der Waals surface area contributed by atoms with Crippen LogP contribution in [0.5, 0.6) is 0 Å². The van der Waals surface area contributed by atoms with Crippen LogP contribution in [0.4, 0.5) is 0 Å². The number of carboxylic acids is 1. The molecule has 0 saturated carbocycles. The monoisotopic (exact) mass is 332 g/mol. The average Bonchev–Trinajstić information content (AvgIpc) is 2.45. The third kappa shape index (κ3) is 2.23. The van der Waals surface area contributed by atoms with Crippen LogP contribution < -0.4 is 0 Å². The molecular formula is C10H6Br2O3. The molecule has 15 heavy (non-hydrogen) atoms. The van der Waals surface area contributed by atoms with E-state index in [9.17, 15) is 4.79 Å². The Morgan fingerprint density at radius 3 is 2.73 bits per heavy atom. The molecule has 0 unspecified atom stereocenters. The van der Waals surface area contributed by atoms with Gasteiger partial charge in [0.05, 0.1) is 4.47 Å². The van der Waals surface area contributed by atoms with Gasteiger partial charge in [0.2, 0.25) is 0 Å². The topological polar surface area (TPSA) is 50.4 Å². The molecule has 1 aromatic carbocycles. The van der Waals surface area contributed by atoms with Crippen molar-refractivity contribution in [3.63, 3.8) is 0 Å². The summed E-state index contributed by atoms with van der Waals surface area (Å²) in [6.45, 7) is 0. The molecule has 1 aromatic heterocycles. The normalized spacial score (nSPS) is 10.8. The van der Waals surface area contributed by atoms with Crippen molar-refractivity contribution in [2.75, 3.05) is 0 Å². The van der Waals surface area contributed by atoms with Gasteiger partial charge in [0.25, 0.3) is 0 Å². The van der Waals surface area contributed by atoms with Crippen LogP contribution >= 0.6 is 31.9 Å². The van der Waals surface area contributed by atoms with E-state index in [0.717, 1.165) is 14.3 Å². The van der Waals surface area contributed by atoms with Crippen LogP contribution in [0, 0.1) is 0 Å². The van der Waals surface area contributed by atoms with Crippen molar-refractivity contribution < 1.29 is 14.3 Å². The van der Waals surface area contributed by atoms with Gasteiger partial charge in [-0.25, -0.2) is 0 Å². The number of aliphatic carboxylic acids is 1. The van der Waals surface area contributed by atoms with Crippen molar-refractivity contribution in [3.05, 3.63) is 32.9 Å². The second-order valence-corrected chi connectivity index (χ2v) is 4.86. The Balaban J connectivity index is 2.55. The van der Waals surface area contributed by atoms with Gasteiger partial charge in [-0.1, -0.05) is 15.9 Å². The predicted molar refractivity (Wildman–Crippen MR) is 63.0 cm³/mol. The average molecular weight is 334 g/mol. The largest absolute Gasteiger partial charge is 0.481 e. The van der Waals surface area contributed by atoms with E-state index >= 15 is 0 Å². The molecule has 0 atom stereocenters. The molecule has 78 valence electrons. The Morgan fingerprint density at radius 2 is 2.07 bits per heavy atom. The Morgan fingerprint density at radius 1 is 1.33 bits per heavy atom. The lowest BCUT2D eigenvalue weighted by Gasteiger charge is -1.93. The Bertz CT molecular complexity index is 531. The Labute approximate surface area is 102 Å². The molecule has 0 aliphatic heterocycles. The van der Waals surface area contributed by atoms with E-state index in [1.807, 2.05) is 12.1 Å². The van der Waals surface area contributed by atoms with Gasteiger partial charge in [0.15, 0.2) is 0 Å². The summed E-state index contributed by atoms with van der Waals surface area (Å²) < 4.78 is 7.15. The first-order chi connectivity index (χ1) is 7.06. The highest BCUT2D eigenvalue weighted by molar-refractivity contribution is 9.11. The fraction of sp³-hybridized carbons (Fsp3) is 0.100. The second kappa shape index (κ2) is 3.98. The number of carboxylic acid groups (broad SMARTS) is 1. The molecule has 5 heteroatoms. The summed E-state index contributed by atoms with van der Waals surface area (Å²) in [5.41, 5.74) is 0.675. The lowest BCUT2D eigenvalue weighted by atomic mass is 10.2. The van der Waals surface area contributed by atoms with E-state index in [0.29, 0.717) is 11.3 Å². The SMILES string of the molecule is O=C(O)Cc1cc2cc(Br)cc(Br)c2o1. The van der Waals surface area contributed by atoms with Crippen molar-refractivity contribution in [3.8, 4) is 0 Å². The molecule has 0 saturated heterocycles. The van der Waals surface area contributed by atoms with Crippen LogP contribution in [0.3, 0.4) is 0 Å². The van der Waals surface area contributed by atoms with E-state index in [1.54, 1.807) is 6.07 Å². The van der Waals surface area contributed by atoms with Gasteiger partial charge in [0, 0.05) is 9.86 Å². The van der Waals surface area contributed by atoms with Crippen molar-refractivity contribution >= 4 is 48.8 Å². The first-order valence-corrected chi connectivity index (χ1v) is 5.74. The molecule has 0 fully saturated rings. The zero-order chi connectivity index (χ0) is 11.0. The van der Waals surface area contributed by atoms with Crippen molar-refractivity contribution in [2.45, 2.75) is 6.42 Å². The van der Waals surface area contributed by atoms with Gasteiger partial charge in [-0.3, -0.25) is 4.79 Å². The summed E-state index contributed by atoms with van der Waals surface area (Å²) in [5, 5.41) is 9.52. The molecule has 0 aliphatic carbocycles. The third-order valence-corrected chi connectivity index (χ3v) is 2.96. The maximum absolute atomic E-state index is 10.5. The summed E-state index contributed by atoms with van der Waals surface area (Å²) in [6, 6.07) is 5.48. The van der Waals surface area contributed by atoms with Crippen LogP contribution in [0.1, 0.15) is 5.76 Å². The summed E-state index contributed by atoms with van der Waals surface area (Å²) in [7, 11) is 0. The minimum Gasteiger partial charge on any atom is -0.481 e. The van der Waals surface area contributed by atoms with Gasteiger partial charge in [0.1, 0.15) is 17.8 Å². The number of rotatable bonds is 2. The third-order valence-electron chi connectivity index (χ3n) is 1.91. The van der Waals surface area contributed by atoms with Crippen molar-refractivity contribution in [2.24, 2.45) is 0 Å². The number of furan rings is 1. The highest BCUT2D eigenvalue weighted by Gasteiger charge is 2.10. The van der Waals surface area contributed by atoms with Crippen LogP contribution in [0.2, 0.25) is 0 Å². The molecule has 2 rings (SSSR count). The highest BCUT2D eigenvalue weighted by Crippen LogP contribution is 2.31. The molecule has 0 amide bonds. The van der Waals surface area contributed by atoms with Crippen LogP contribution in [-0.2, 0) is 11.2 Å². The van der Waals surface area contributed by atoms with Crippen LogP contribution in [-0.4, -0.2) is 11.1 Å². The molecule has 1 N–H and O–H groups in total. The highest BCUT2D eigenvalue weighted by atomic mass is 79.9. The summed E-state index contributed by atoms with van der Waals surface area (Å²) in [4.78, 5) is 10.5. The smallest absolute Gasteiger partial charge is 0.311 e. The first kappa shape index (κ1) is 10.7. The van der Waals surface area contributed by atoms with Gasteiger partial charge in [-0.05, 0) is 34.1 Å². The van der Waals surface area contributed by atoms with Crippen molar-refractivity contribution in [1.82, 2.24) is 0 Å². The van der Waals surface area contributed by atoms with E-state index in [2.05, 4.69) is 31.9 Å². The van der Waals surface area contributed by atoms with E-state index < -0.39 is 5.97 Å². The van der Waals surface area contributed by atoms with Crippen molar-refractivity contribution in [1.29, 1.82) is 0 Å². The first-order valence-electron chi connectivity index (χ1n) is 4.15. The number of fused-ring (bicyclic) bond motifs is 1. The maximum atomic E-state index is 10.5. The number of benzene rings is 1. The van der Waals surface area contributed by atoms with Gasteiger partial charge in [-0.15, -0.1) is 0 Å². The van der Waals surface area contributed by atoms with E-state index in [-0.39, 0.29) is 6.42 Å². The zero-order valence-electron chi connectivity index (χ0n) is 7.46. The quantitative estimate of drug-likeness (QED) is 0.913. The summed E-state index contributed by atoms with van der Waals surface area (Å²) >= 11 is 6.71. The Kier molecular flexibility index (Phi) is 2.84. The lowest BCUT2D eigenvalue weighted by molar-refractivity contribution is -0.136. The minimum absolute atomic E-state index is 0.0985. The fourth-order valence-corrected chi connectivity index (χ4v) is 2.70. The second-order valence-electron chi connectivity index (χ2n) is 3.09. The van der Waals surface area contributed by atoms with E-state index in [4.69, 9.17) is 9.52 Å². The molecule has 0 spiro atoms. The number of halogens is 2. The summed E-state index contributed by atoms with van der Waals surface area (Å²) in [6.07, 6.45) is -0.0985. The molecule has 3 nitrogen and oxygen atoms in total. The number of hydrogen-bond acceptors (Lipinski definition) is 2. The van der Waals surface area contributed by atoms with Crippen LogP contribution in [0.15, 0.2) is 31.6 Å². The molecule has 0 aliphatic rings. The predicted octanol–water partition coefficient (Wildman–Crippen LogP) is 3.58. The fourth-order valence-electron chi connectivity index (χ4n) is 1.37. The van der Waals surface area contributed by atoms with Gasteiger partial charge >= 0.3 is 5.97 Å². The zero-order valence-corrected chi connectivity index (χ0v) is 10.6. The maximum Gasteiger partial charge on any atom is 0.311 e. The lowest BCUT2D eigenvalue weighted by Crippen LogP contribution is -1.97. The van der Waals surface area contributed by atoms with E-state index in [1.165, 1.54) is 0 Å². The molecule has 2 aromatic rings. The Hall–Kier alpha value is -0.810. The number of hydrogen-bond donors (Lipinski definition) is 1. The number of carbonyl (C=O) groups is 1. The standard InChI is InChI=1S/C10H6Br2O3/c11-6-1-5-2-7(4-9(13)14)15-10(5)8(12)3-6/h1-3H,4H2,(H,13,14). The molecular weight excluding hydrogens is 328 g/mol. The summed E-state index contributed by atoms with van der Waals surface area (Å²) in [5.74, 6) is -0.444. The molecule has 1 heterocycles. The minimum atomic E-state index is -0.899. The molecule has 0 radical (unpaired) electrons. The molecule has 0 bridgehead atoms. The van der Waals surface area contributed by atoms with Crippen LogP contribution in [0.25, 0.3) is 11.0 Å². The van der Waals surface area contributed by atoms with Gasteiger partial charge in [-0.2, -0.15) is 0 Å².